The Balaban J connectivity index is 1.80. The van der Waals surface area contributed by atoms with Gasteiger partial charge in [0.1, 0.15) is 0 Å². The Labute approximate surface area is 125 Å². The highest BCUT2D eigenvalue weighted by Gasteiger charge is 2.36. The van der Waals surface area contributed by atoms with Crippen LogP contribution < -0.4 is 5.32 Å². The van der Waals surface area contributed by atoms with Gasteiger partial charge in [-0.05, 0) is 70.0 Å². The molecule has 20 heavy (non-hydrogen) atoms. The molecule has 0 aromatic carbocycles. The van der Waals surface area contributed by atoms with Crippen molar-refractivity contribution in [1.29, 1.82) is 0 Å². The molecule has 0 spiro atoms. The fourth-order valence-electron chi connectivity index (χ4n) is 4.11. The molecule has 3 nitrogen and oxygen atoms in total. The standard InChI is InChI=1S/C17H34N2O/c1-3-10-18-13-17(8-4-5-9-17)14-19-11-6-16(7-12-19)15(2)20/h15-16,18,20H,3-14H2,1-2H3. The van der Waals surface area contributed by atoms with Gasteiger partial charge in [0.25, 0.3) is 0 Å². The molecule has 1 atom stereocenters. The van der Waals surface area contributed by atoms with E-state index in [4.69, 9.17) is 0 Å². The molecular weight excluding hydrogens is 248 g/mol. The van der Waals surface area contributed by atoms with Crippen molar-refractivity contribution in [2.24, 2.45) is 11.3 Å². The first kappa shape index (κ1) is 16.3. The molecule has 118 valence electrons. The number of rotatable bonds is 7. The van der Waals surface area contributed by atoms with Gasteiger partial charge < -0.3 is 15.3 Å². The van der Waals surface area contributed by atoms with Crippen LogP contribution in [0.2, 0.25) is 0 Å². The van der Waals surface area contributed by atoms with Gasteiger partial charge in [-0.25, -0.2) is 0 Å². The lowest BCUT2D eigenvalue weighted by molar-refractivity contribution is 0.0530. The van der Waals surface area contributed by atoms with E-state index >= 15 is 0 Å². The second-order valence-electron chi connectivity index (χ2n) is 7.24. The average Bonchev–Trinajstić information content (AvgIpc) is 2.88. The van der Waals surface area contributed by atoms with Crippen LogP contribution in [0.1, 0.15) is 58.8 Å². The van der Waals surface area contributed by atoms with E-state index in [1.54, 1.807) is 0 Å². The van der Waals surface area contributed by atoms with Crippen molar-refractivity contribution in [3.8, 4) is 0 Å². The summed E-state index contributed by atoms with van der Waals surface area (Å²) in [6.45, 7) is 10.2. The predicted molar refractivity (Wildman–Crippen MR) is 84.9 cm³/mol. The van der Waals surface area contributed by atoms with Crippen molar-refractivity contribution in [2.75, 3.05) is 32.7 Å². The fraction of sp³-hybridized carbons (Fsp3) is 1.00. The molecule has 0 aromatic rings. The summed E-state index contributed by atoms with van der Waals surface area (Å²) in [5.41, 5.74) is 0.535. The van der Waals surface area contributed by atoms with Crippen molar-refractivity contribution < 1.29 is 5.11 Å². The summed E-state index contributed by atoms with van der Waals surface area (Å²) >= 11 is 0. The topological polar surface area (TPSA) is 35.5 Å². The molecule has 2 fully saturated rings. The van der Waals surface area contributed by atoms with Crippen molar-refractivity contribution in [3.63, 3.8) is 0 Å². The molecule has 3 heteroatoms. The Kier molecular flexibility index (Phi) is 6.31. The van der Waals surface area contributed by atoms with E-state index in [0.717, 1.165) is 6.54 Å². The summed E-state index contributed by atoms with van der Waals surface area (Å²) in [6, 6.07) is 0. The monoisotopic (exact) mass is 282 g/mol. The maximum atomic E-state index is 9.71. The number of nitrogens with zero attached hydrogens (tertiary/aromatic N) is 1. The third kappa shape index (κ3) is 4.44. The molecule has 0 aromatic heterocycles. The lowest BCUT2D eigenvalue weighted by Crippen LogP contribution is -2.46. The molecule has 1 aliphatic heterocycles. The minimum atomic E-state index is -0.121. The number of hydrogen-bond donors (Lipinski definition) is 2. The van der Waals surface area contributed by atoms with E-state index in [2.05, 4.69) is 17.1 Å². The van der Waals surface area contributed by atoms with Crippen molar-refractivity contribution in [3.05, 3.63) is 0 Å². The molecule has 2 aliphatic rings. The number of aliphatic hydroxyl groups is 1. The highest BCUT2D eigenvalue weighted by molar-refractivity contribution is 4.90. The van der Waals surface area contributed by atoms with Crippen LogP contribution in [-0.4, -0.2) is 48.8 Å². The zero-order chi connectivity index (χ0) is 14.4. The van der Waals surface area contributed by atoms with Gasteiger partial charge in [-0.2, -0.15) is 0 Å². The third-order valence-corrected chi connectivity index (χ3v) is 5.46. The van der Waals surface area contributed by atoms with E-state index in [-0.39, 0.29) is 6.10 Å². The van der Waals surface area contributed by atoms with Crippen LogP contribution in [-0.2, 0) is 0 Å². The van der Waals surface area contributed by atoms with Gasteiger partial charge in [0.2, 0.25) is 0 Å². The Hall–Kier alpha value is -0.120. The zero-order valence-electron chi connectivity index (χ0n) is 13.5. The normalized spacial score (nSPS) is 25.9. The van der Waals surface area contributed by atoms with Crippen molar-refractivity contribution >= 4 is 0 Å². The van der Waals surface area contributed by atoms with Crippen molar-refractivity contribution in [1.82, 2.24) is 10.2 Å². The number of hydrogen-bond acceptors (Lipinski definition) is 3. The molecule has 0 bridgehead atoms. The molecule has 0 amide bonds. The summed E-state index contributed by atoms with van der Waals surface area (Å²) < 4.78 is 0. The number of aliphatic hydroxyl groups excluding tert-OH is 1. The van der Waals surface area contributed by atoms with Gasteiger partial charge in [0, 0.05) is 13.1 Å². The molecule has 1 unspecified atom stereocenters. The van der Waals surface area contributed by atoms with E-state index in [9.17, 15) is 5.11 Å². The van der Waals surface area contributed by atoms with Crippen LogP contribution >= 0.6 is 0 Å². The van der Waals surface area contributed by atoms with Crippen LogP contribution in [0.3, 0.4) is 0 Å². The SMILES string of the molecule is CCCNCC1(CN2CCC(C(C)O)CC2)CCCC1. The molecule has 1 aliphatic carbocycles. The fourth-order valence-corrected chi connectivity index (χ4v) is 4.11. The van der Waals surface area contributed by atoms with Crippen LogP contribution in [0.15, 0.2) is 0 Å². The smallest absolute Gasteiger partial charge is 0.0541 e. The lowest BCUT2D eigenvalue weighted by Gasteiger charge is -2.40. The van der Waals surface area contributed by atoms with Gasteiger partial charge in [-0.15, -0.1) is 0 Å². The second kappa shape index (κ2) is 7.77. The Bertz CT molecular complexity index is 266. The molecule has 1 heterocycles. The summed E-state index contributed by atoms with van der Waals surface area (Å²) in [5.74, 6) is 0.531. The number of nitrogens with one attached hydrogen (secondary N) is 1. The number of piperidine rings is 1. The summed E-state index contributed by atoms with van der Waals surface area (Å²) in [7, 11) is 0. The van der Waals surface area contributed by atoms with Gasteiger partial charge in [-0.1, -0.05) is 19.8 Å². The second-order valence-corrected chi connectivity index (χ2v) is 7.24. The van der Waals surface area contributed by atoms with Crippen LogP contribution in [0.5, 0.6) is 0 Å². The van der Waals surface area contributed by atoms with E-state index in [0.29, 0.717) is 11.3 Å². The molecule has 1 saturated heterocycles. The van der Waals surface area contributed by atoms with Crippen LogP contribution in [0.25, 0.3) is 0 Å². The summed E-state index contributed by atoms with van der Waals surface area (Å²) in [6.07, 6.45) is 9.10. The maximum Gasteiger partial charge on any atom is 0.0541 e. The minimum absolute atomic E-state index is 0.121. The molecule has 2 rings (SSSR count). The average molecular weight is 282 g/mol. The van der Waals surface area contributed by atoms with Gasteiger partial charge >= 0.3 is 0 Å². The Morgan fingerprint density at radius 3 is 2.45 bits per heavy atom. The predicted octanol–water partition coefficient (Wildman–Crippen LogP) is 2.64. The minimum Gasteiger partial charge on any atom is -0.393 e. The third-order valence-electron chi connectivity index (χ3n) is 5.46. The van der Waals surface area contributed by atoms with Gasteiger partial charge in [-0.3, -0.25) is 0 Å². The molecule has 1 saturated carbocycles. The summed E-state index contributed by atoms with van der Waals surface area (Å²) in [4.78, 5) is 2.66. The Morgan fingerprint density at radius 2 is 1.90 bits per heavy atom. The zero-order valence-corrected chi connectivity index (χ0v) is 13.5. The first-order chi connectivity index (χ1) is 9.65. The van der Waals surface area contributed by atoms with E-state index in [1.807, 2.05) is 6.92 Å². The number of likely N-dealkylation sites (tertiary alicyclic amines) is 1. The van der Waals surface area contributed by atoms with Gasteiger partial charge in [0.05, 0.1) is 6.10 Å². The molecule has 2 N–H and O–H groups in total. The quantitative estimate of drug-likeness (QED) is 0.705. The highest BCUT2D eigenvalue weighted by Crippen LogP contribution is 2.39. The first-order valence-electron chi connectivity index (χ1n) is 8.76. The Morgan fingerprint density at radius 1 is 1.25 bits per heavy atom. The van der Waals surface area contributed by atoms with E-state index in [1.165, 1.54) is 71.1 Å². The molecular formula is C17H34N2O. The van der Waals surface area contributed by atoms with Gasteiger partial charge in [0.15, 0.2) is 0 Å². The summed E-state index contributed by atoms with van der Waals surface area (Å²) in [5, 5.41) is 13.4. The van der Waals surface area contributed by atoms with E-state index < -0.39 is 0 Å². The highest BCUT2D eigenvalue weighted by atomic mass is 16.3. The van der Waals surface area contributed by atoms with Crippen LogP contribution in [0, 0.1) is 11.3 Å². The van der Waals surface area contributed by atoms with Crippen LogP contribution in [0.4, 0.5) is 0 Å². The molecule has 0 radical (unpaired) electrons. The lowest BCUT2D eigenvalue weighted by atomic mass is 9.83. The van der Waals surface area contributed by atoms with Crippen molar-refractivity contribution in [2.45, 2.75) is 64.9 Å². The largest absolute Gasteiger partial charge is 0.393 e. The maximum absolute atomic E-state index is 9.71. The first-order valence-corrected chi connectivity index (χ1v) is 8.76.